The highest BCUT2D eigenvalue weighted by atomic mass is 35.5. The van der Waals surface area contributed by atoms with Crippen LogP contribution < -0.4 is 5.32 Å². The van der Waals surface area contributed by atoms with Gasteiger partial charge in [0.05, 0.1) is 0 Å². The predicted molar refractivity (Wildman–Crippen MR) is 84.8 cm³/mol. The first kappa shape index (κ1) is 15.8. The van der Waals surface area contributed by atoms with Crippen LogP contribution in [0.3, 0.4) is 0 Å². The van der Waals surface area contributed by atoms with Crippen molar-refractivity contribution in [1.82, 2.24) is 5.32 Å². The number of allylic oxidation sites excluding steroid dienone is 1. The number of halogens is 1. The van der Waals surface area contributed by atoms with Gasteiger partial charge in [-0.1, -0.05) is 48.0 Å². The summed E-state index contributed by atoms with van der Waals surface area (Å²) in [5.41, 5.74) is 1.01. The Morgan fingerprint density at radius 2 is 1.68 bits per heavy atom. The van der Waals surface area contributed by atoms with Gasteiger partial charge in [0.25, 0.3) is 5.91 Å². The number of carbonyl (C=O) groups excluding carboxylic acids is 1. The van der Waals surface area contributed by atoms with Gasteiger partial charge in [-0.3, -0.25) is 4.79 Å². The molecule has 2 aromatic carbocycles. The Morgan fingerprint density at radius 1 is 1.05 bits per heavy atom. The summed E-state index contributed by atoms with van der Waals surface area (Å²) in [4.78, 5) is 23.3. The molecule has 2 N–H and O–H groups in total. The average molecular weight is 316 g/mol. The van der Waals surface area contributed by atoms with Gasteiger partial charge >= 0.3 is 5.97 Å². The minimum atomic E-state index is -1.20. The molecule has 0 atom stereocenters. The molecule has 0 heterocycles. The summed E-state index contributed by atoms with van der Waals surface area (Å²) in [6, 6.07) is 15.6. The number of benzene rings is 2. The van der Waals surface area contributed by atoms with E-state index in [0.29, 0.717) is 17.0 Å². The van der Waals surface area contributed by atoms with Crippen LogP contribution in [-0.4, -0.2) is 17.0 Å². The van der Waals surface area contributed by atoms with Crippen LogP contribution in [0, 0.1) is 0 Å². The van der Waals surface area contributed by atoms with E-state index < -0.39 is 11.9 Å². The summed E-state index contributed by atoms with van der Waals surface area (Å²) in [5, 5.41) is 12.2. The normalized spacial score (nSPS) is 11.0. The molecule has 1 amide bonds. The molecule has 22 heavy (non-hydrogen) atoms. The first-order valence-electron chi connectivity index (χ1n) is 6.61. The van der Waals surface area contributed by atoms with Crippen LogP contribution in [0.4, 0.5) is 0 Å². The number of nitrogens with one attached hydrogen (secondary N) is 1. The van der Waals surface area contributed by atoms with Crippen molar-refractivity contribution < 1.29 is 14.7 Å². The van der Waals surface area contributed by atoms with Crippen molar-refractivity contribution in [3.63, 3.8) is 0 Å². The minimum Gasteiger partial charge on any atom is -0.477 e. The smallest absolute Gasteiger partial charge is 0.352 e. The molecule has 0 aromatic heterocycles. The van der Waals surface area contributed by atoms with Gasteiger partial charge in [0.15, 0.2) is 0 Å². The largest absolute Gasteiger partial charge is 0.477 e. The number of amides is 1. The monoisotopic (exact) mass is 315 g/mol. The van der Waals surface area contributed by atoms with Crippen molar-refractivity contribution in [3.05, 3.63) is 82.5 Å². The quantitative estimate of drug-likeness (QED) is 0.832. The Labute approximate surface area is 133 Å². The van der Waals surface area contributed by atoms with Gasteiger partial charge in [0.1, 0.15) is 5.70 Å². The zero-order valence-electron chi connectivity index (χ0n) is 11.6. The van der Waals surface area contributed by atoms with E-state index in [1.54, 1.807) is 48.5 Å². The van der Waals surface area contributed by atoms with Crippen molar-refractivity contribution in [2.24, 2.45) is 0 Å². The van der Waals surface area contributed by atoms with E-state index in [1.165, 1.54) is 6.08 Å². The molecule has 5 heteroatoms. The second-order valence-corrected chi connectivity index (χ2v) is 4.95. The highest BCUT2D eigenvalue weighted by Crippen LogP contribution is 2.16. The second-order valence-electron chi connectivity index (χ2n) is 4.54. The SMILES string of the molecule is O=C(O)C(=CCc1ccccc1Cl)NC(=O)c1ccccc1. The molecule has 0 bridgehead atoms. The molecule has 0 aliphatic carbocycles. The Bertz CT molecular complexity index is 711. The van der Waals surface area contributed by atoms with Gasteiger partial charge in [-0.25, -0.2) is 4.79 Å². The molecule has 0 fully saturated rings. The Morgan fingerprint density at radius 3 is 2.32 bits per heavy atom. The van der Waals surface area contributed by atoms with Gasteiger partial charge in [0.2, 0.25) is 0 Å². The molecule has 112 valence electrons. The van der Waals surface area contributed by atoms with Crippen LogP contribution in [0.5, 0.6) is 0 Å². The van der Waals surface area contributed by atoms with Crippen LogP contribution in [0.1, 0.15) is 15.9 Å². The van der Waals surface area contributed by atoms with Gasteiger partial charge in [-0.2, -0.15) is 0 Å². The third-order valence-electron chi connectivity index (χ3n) is 3.00. The van der Waals surface area contributed by atoms with E-state index in [9.17, 15) is 14.7 Å². The van der Waals surface area contributed by atoms with Gasteiger partial charge in [-0.15, -0.1) is 0 Å². The van der Waals surface area contributed by atoms with Crippen LogP contribution in [0.25, 0.3) is 0 Å². The van der Waals surface area contributed by atoms with Gasteiger partial charge in [-0.05, 0) is 36.3 Å². The lowest BCUT2D eigenvalue weighted by molar-refractivity contribution is -0.133. The fourth-order valence-electron chi connectivity index (χ4n) is 1.85. The number of carboxylic acid groups (broad SMARTS) is 1. The molecule has 2 rings (SSSR count). The number of aliphatic carboxylic acids is 1. The topological polar surface area (TPSA) is 66.4 Å². The summed E-state index contributed by atoms with van der Waals surface area (Å²) in [5.74, 6) is -1.66. The van der Waals surface area contributed by atoms with Crippen LogP contribution in [0.15, 0.2) is 66.4 Å². The van der Waals surface area contributed by atoms with Crippen molar-refractivity contribution in [1.29, 1.82) is 0 Å². The summed E-state index contributed by atoms with van der Waals surface area (Å²) in [6.45, 7) is 0. The summed E-state index contributed by atoms with van der Waals surface area (Å²) < 4.78 is 0. The molecule has 0 spiro atoms. The van der Waals surface area contributed by atoms with E-state index in [0.717, 1.165) is 5.56 Å². The molecule has 0 aliphatic heterocycles. The predicted octanol–water partition coefficient (Wildman–Crippen LogP) is 3.28. The van der Waals surface area contributed by atoms with E-state index in [1.807, 2.05) is 6.07 Å². The Hall–Kier alpha value is -2.59. The highest BCUT2D eigenvalue weighted by molar-refractivity contribution is 6.31. The standard InChI is InChI=1S/C17H14ClNO3/c18-14-9-5-4-6-12(14)10-11-15(17(21)22)19-16(20)13-7-2-1-3-8-13/h1-9,11H,10H2,(H,19,20)(H,21,22). The van der Waals surface area contributed by atoms with Crippen molar-refractivity contribution in [2.45, 2.75) is 6.42 Å². The summed E-state index contributed by atoms with van der Waals surface area (Å²) in [6.07, 6.45) is 1.75. The Kier molecular flexibility index (Phi) is 5.33. The maximum Gasteiger partial charge on any atom is 0.352 e. The van der Waals surface area contributed by atoms with Crippen molar-refractivity contribution in [2.75, 3.05) is 0 Å². The van der Waals surface area contributed by atoms with E-state index >= 15 is 0 Å². The molecule has 0 saturated carbocycles. The first-order chi connectivity index (χ1) is 10.6. The molecule has 0 unspecified atom stereocenters. The lowest BCUT2D eigenvalue weighted by Gasteiger charge is -2.07. The van der Waals surface area contributed by atoms with Crippen molar-refractivity contribution in [3.8, 4) is 0 Å². The second kappa shape index (κ2) is 7.43. The molecular weight excluding hydrogens is 302 g/mol. The maximum atomic E-state index is 12.0. The summed E-state index contributed by atoms with van der Waals surface area (Å²) >= 11 is 6.02. The third-order valence-corrected chi connectivity index (χ3v) is 3.37. The number of carbonyl (C=O) groups is 2. The van der Waals surface area contributed by atoms with E-state index in [2.05, 4.69) is 5.32 Å². The highest BCUT2D eigenvalue weighted by Gasteiger charge is 2.12. The zero-order chi connectivity index (χ0) is 15.9. The minimum absolute atomic E-state index is 0.172. The first-order valence-corrected chi connectivity index (χ1v) is 6.99. The van der Waals surface area contributed by atoms with Crippen LogP contribution in [0.2, 0.25) is 5.02 Å². The van der Waals surface area contributed by atoms with Crippen LogP contribution in [-0.2, 0) is 11.2 Å². The number of carboxylic acids is 1. The fourth-order valence-corrected chi connectivity index (χ4v) is 2.06. The molecule has 4 nitrogen and oxygen atoms in total. The maximum absolute atomic E-state index is 12.0. The molecular formula is C17H14ClNO3. The van der Waals surface area contributed by atoms with Gasteiger partial charge < -0.3 is 10.4 Å². The van der Waals surface area contributed by atoms with Gasteiger partial charge in [0, 0.05) is 10.6 Å². The lowest BCUT2D eigenvalue weighted by Crippen LogP contribution is -2.27. The molecule has 0 aliphatic rings. The molecule has 2 aromatic rings. The molecule has 0 radical (unpaired) electrons. The Balaban J connectivity index is 2.13. The molecule has 0 saturated heterocycles. The number of hydrogen-bond acceptors (Lipinski definition) is 2. The number of rotatable bonds is 5. The van der Waals surface area contributed by atoms with Crippen molar-refractivity contribution >= 4 is 23.5 Å². The van der Waals surface area contributed by atoms with E-state index in [-0.39, 0.29) is 5.70 Å². The lowest BCUT2D eigenvalue weighted by atomic mass is 10.1. The third kappa shape index (κ3) is 4.20. The summed E-state index contributed by atoms with van der Waals surface area (Å²) in [7, 11) is 0. The van der Waals surface area contributed by atoms with Crippen LogP contribution >= 0.6 is 11.6 Å². The average Bonchev–Trinajstić information content (AvgIpc) is 2.53. The number of hydrogen-bond donors (Lipinski definition) is 2. The van der Waals surface area contributed by atoms with E-state index in [4.69, 9.17) is 11.6 Å². The fraction of sp³-hybridized carbons (Fsp3) is 0.0588. The zero-order valence-corrected chi connectivity index (χ0v) is 12.4.